The van der Waals surface area contributed by atoms with Gasteiger partial charge in [-0.3, -0.25) is 9.69 Å². The summed E-state index contributed by atoms with van der Waals surface area (Å²) in [6.45, 7) is 6.94. The van der Waals surface area contributed by atoms with Crippen molar-refractivity contribution in [1.29, 1.82) is 0 Å². The zero-order valence-electron chi connectivity index (χ0n) is 17.2. The van der Waals surface area contributed by atoms with Gasteiger partial charge < -0.3 is 19.3 Å². The first kappa shape index (κ1) is 19.2. The number of pyridine rings is 1. The van der Waals surface area contributed by atoms with Crippen LogP contribution in [-0.2, 0) is 0 Å². The first-order chi connectivity index (χ1) is 14.8. The van der Waals surface area contributed by atoms with E-state index in [1.54, 1.807) is 0 Å². The Hall–Kier alpha value is -2.80. The third-order valence-corrected chi connectivity index (χ3v) is 6.30. The highest BCUT2D eigenvalue weighted by Crippen LogP contribution is 2.36. The minimum Gasteiger partial charge on any atom is -0.454 e. The topological polar surface area (TPSA) is 58.1 Å². The van der Waals surface area contributed by atoms with Crippen LogP contribution >= 0.6 is 0 Å². The maximum Gasteiger partial charge on any atom is 0.257 e. The van der Waals surface area contributed by atoms with E-state index in [0.29, 0.717) is 23.0 Å². The van der Waals surface area contributed by atoms with Gasteiger partial charge in [-0.25, -0.2) is 4.98 Å². The van der Waals surface area contributed by atoms with E-state index >= 15 is 0 Å². The summed E-state index contributed by atoms with van der Waals surface area (Å²) < 4.78 is 11.0. The summed E-state index contributed by atoms with van der Waals surface area (Å²) >= 11 is 0. The molecule has 0 aliphatic carbocycles. The quantitative estimate of drug-likeness (QED) is 0.775. The van der Waals surface area contributed by atoms with E-state index in [2.05, 4.69) is 20.9 Å². The number of rotatable bonds is 4. The lowest BCUT2D eigenvalue weighted by Crippen LogP contribution is -2.50. The second-order valence-corrected chi connectivity index (χ2v) is 8.27. The zero-order chi connectivity index (χ0) is 20.3. The fourth-order valence-corrected chi connectivity index (χ4v) is 4.73. The Kier molecular flexibility index (Phi) is 5.45. The van der Waals surface area contributed by atoms with Gasteiger partial charge in [0.2, 0.25) is 6.79 Å². The summed E-state index contributed by atoms with van der Waals surface area (Å²) in [5.41, 5.74) is 0.620. The number of aromatic nitrogens is 1. The molecule has 1 amide bonds. The van der Waals surface area contributed by atoms with Crippen molar-refractivity contribution in [3.8, 4) is 11.5 Å². The van der Waals surface area contributed by atoms with E-state index in [1.165, 1.54) is 6.42 Å². The largest absolute Gasteiger partial charge is 0.454 e. The summed E-state index contributed by atoms with van der Waals surface area (Å²) in [5.74, 6) is 2.89. The number of carbonyl (C=O) groups excluding carboxylic acids is 1. The van der Waals surface area contributed by atoms with Crippen molar-refractivity contribution < 1.29 is 14.3 Å². The number of amides is 1. The number of nitrogens with zero attached hydrogens (tertiary/aromatic N) is 4. The molecule has 2 saturated heterocycles. The Morgan fingerprint density at radius 2 is 1.93 bits per heavy atom. The number of benzene rings is 1. The number of fused-ring (bicyclic) bond motifs is 1. The van der Waals surface area contributed by atoms with Gasteiger partial charge in [0.05, 0.1) is 5.56 Å². The molecule has 0 N–H and O–H groups in total. The van der Waals surface area contributed by atoms with Crippen molar-refractivity contribution in [3.63, 3.8) is 0 Å². The molecular weight excluding hydrogens is 380 g/mol. The number of para-hydroxylation sites is 1. The van der Waals surface area contributed by atoms with Gasteiger partial charge in [-0.15, -0.1) is 0 Å². The average molecular weight is 409 g/mol. The Morgan fingerprint density at radius 1 is 1.03 bits per heavy atom. The molecule has 0 saturated carbocycles. The third-order valence-electron chi connectivity index (χ3n) is 6.30. The molecule has 7 nitrogen and oxygen atoms in total. The minimum absolute atomic E-state index is 0.0574. The molecule has 4 heterocycles. The SMILES string of the molecule is O=C(c1cccc2c1OCO2)N1CCCC(CN2CCN(c3ccccn3)CC2)C1. The second kappa shape index (κ2) is 8.52. The summed E-state index contributed by atoms with van der Waals surface area (Å²) in [6.07, 6.45) is 4.09. The number of anilines is 1. The third kappa shape index (κ3) is 3.94. The highest BCUT2D eigenvalue weighted by molar-refractivity contribution is 5.98. The number of ether oxygens (including phenoxy) is 2. The molecule has 0 radical (unpaired) electrons. The van der Waals surface area contributed by atoms with Gasteiger partial charge >= 0.3 is 0 Å². The normalized spacial score (nSPS) is 21.7. The maximum absolute atomic E-state index is 13.2. The fraction of sp³-hybridized carbons (Fsp3) is 0.478. The number of piperazine rings is 1. The van der Waals surface area contributed by atoms with E-state index in [4.69, 9.17) is 9.47 Å². The van der Waals surface area contributed by atoms with Gasteiger partial charge in [0, 0.05) is 52.0 Å². The Labute approximate surface area is 177 Å². The summed E-state index contributed by atoms with van der Waals surface area (Å²) in [5, 5.41) is 0. The van der Waals surface area contributed by atoms with Gasteiger partial charge in [0.1, 0.15) is 5.82 Å². The highest BCUT2D eigenvalue weighted by atomic mass is 16.7. The number of piperidine rings is 1. The van der Waals surface area contributed by atoms with E-state index in [9.17, 15) is 4.79 Å². The molecule has 3 aliphatic heterocycles. The van der Waals surface area contributed by atoms with Gasteiger partial charge in [-0.1, -0.05) is 12.1 Å². The average Bonchev–Trinajstić information content (AvgIpc) is 3.29. The molecule has 158 valence electrons. The monoisotopic (exact) mass is 408 g/mol. The lowest BCUT2D eigenvalue weighted by molar-refractivity contribution is 0.0633. The molecule has 1 aromatic heterocycles. The predicted molar refractivity (Wildman–Crippen MR) is 114 cm³/mol. The molecule has 2 fully saturated rings. The molecule has 7 heteroatoms. The van der Waals surface area contributed by atoms with Crippen molar-refractivity contribution in [2.75, 3.05) is 57.5 Å². The lowest BCUT2D eigenvalue weighted by atomic mass is 9.96. The molecule has 1 unspecified atom stereocenters. The van der Waals surface area contributed by atoms with Crippen LogP contribution < -0.4 is 14.4 Å². The zero-order valence-corrected chi connectivity index (χ0v) is 17.2. The van der Waals surface area contributed by atoms with Crippen molar-refractivity contribution in [3.05, 3.63) is 48.2 Å². The van der Waals surface area contributed by atoms with Crippen molar-refractivity contribution in [2.24, 2.45) is 5.92 Å². The molecular formula is C23H28N4O3. The van der Waals surface area contributed by atoms with Gasteiger partial charge in [-0.05, 0) is 43.0 Å². The van der Waals surface area contributed by atoms with Crippen LogP contribution in [0.2, 0.25) is 0 Å². The highest BCUT2D eigenvalue weighted by Gasteiger charge is 2.30. The molecule has 1 atom stereocenters. The Bertz CT molecular complexity index is 883. The van der Waals surface area contributed by atoms with Crippen LogP contribution in [-0.4, -0.2) is 73.3 Å². The van der Waals surface area contributed by atoms with Crippen molar-refractivity contribution >= 4 is 11.7 Å². The standard InChI is InChI=1S/C23H28N4O3/c28-23(19-6-3-7-20-22(19)30-17-29-20)27-10-4-5-18(16-27)15-25-11-13-26(14-12-25)21-8-1-2-9-24-21/h1-3,6-9,18H,4-5,10-17H2. The number of hydrogen-bond acceptors (Lipinski definition) is 6. The molecule has 1 aromatic carbocycles. The van der Waals surface area contributed by atoms with Crippen molar-refractivity contribution in [1.82, 2.24) is 14.8 Å². The maximum atomic E-state index is 13.2. The van der Waals surface area contributed by atoms with Crippen LogP contribution in [0.4, 0.5) is 5.82 Å². The van der Waals surface area contributed by atoms with Crippen molar-refractivity contribution in [2.45, 2.75) is 12.8 Å². The first-order valence-corrected chi connectivity index (χ1v) is 10.8. The molecule has 0 spiro atoms. The van der Waals surface area contributed by atoms with Crippen LogP contribution in [0.25, 0.3) is 0 Å². The van der Waals surface area contributed by atoms with E-state index in [-0.39, 0.29) is 12.7 Å². The number of hydrogen-bond donors (Lipinski definition) is 0. The van der Waals surface area contributed by atoms with E-state index < -0.39 is 0 Å². The first-order valence-electron chi connectivity index (χ1n) is 10.8. The van der Waals surface area contributed by atoms with E-state index in [1.807, 2.05) is 41.4 Å². The van der Waals surface area contributed by atoms with E-state index in [0.717, 1.165) is 58.1 Å². The molecule has 30 heavy (non-hydrogen) atoms. The summed E-state index contributed by atoms with van der Waals surface area (Å²) in [7, 11) is 0. The van der Waals surface area contributed by atoms with Crippen LogP contribution in [0, 0.1) is 5.92 Å². The van der Waals surface area contributed by atoms with Crippen LogP contribution in [0.3, 0.4) is 0 Å². The summed E-state index contributed by atoms with van der Waals surface area (Å²) in [4.78, 5) is 24.5. The Morgan fingerprint density at radius 3 is 2.77 bits per heavy atom. The van der Waals surface area contributed by atoms with Gasteiger partial charge in [0.25, 0.3) is 5.91 Å². The minimum atomic E-state index is 0.0574. The predicted octanol–water partition coefficient (Wildman–Crippen LogP) is 2.48. The Balaban J connectivity index is 1.17. The molecule has 3 aliphatic rings. The van der Waals surface area contributed by atoms with Crippen LogP contribution in [0.1, 0.15) is 23.2 Å². The molecule has 0 bridgehead atoms. The van der Waals surface area contributed by atoms with Gasteiger partial charge in [0.15, 0.2) is 11.5 Å². The van der Waals surface area contributed by atoms with Crippen LogP contribution in [0.5, 0.6) is 11.5 Å². The summed E-state index contributed by atoms with van der Waals surface area (Å²) in [6, 6.07) is 11.6. The lowest BCUT2D eigenvalue weighted by Gasteiger charge is -2.39. The van der Waals surface area contributed by atoms with Crippen LogP contribution in [0.15, 0.2) is 42.6 Å². The molecule has 5 rings (SSSR count). The fourth-order valence-electron chi connectivity index (χ4n) is 4.73. The smallest absolute Gasteiger partial charge is 0.257 e. The number of likely N-dealkylation sites (tertiary alicyclic amines) is 1. The van der Waals surface area contributed by atoms with Gasteiger partial charge in [-0.2, -0.15) is 0 Å². The second-order valence-electron chi connectivity index (χ2n) is 8.27. The number of carbonyl (C=O) groups is 1. The molecule has 2 aromatic rings.